The summed E-state index contributed by atoms with van der Waals surface area (Å²) in [6, 6.07) is 2.05. The van der Waals surface area contributed by atoms with Gasteiger partial charge in [-0.15, -0.1) is 0 Å². The van der Waals surface area contributed by atoms with Gasteiger partial charge < -0.3 is 10.5 Å². The van der Waals surface area contributed by atoms with Gasteiger partial charge in [-0.25, -0.2) is 0 Å². The van der Waals surface area contributed by atoms with Crippen LogP contribution >= 0.6 is 0 Å². The normalized spacial score (nSPS) is 22.9. The Morgan fingerprint density at radius 2 is 2.43 bits per heavy atom. The van der Waals surface area contributed by atoms with Crippen LogP contribution in [-0.4, -0.2) is 23.4 Å². The Labute approximate surface area is 83.8 Å². The second-order valence-corrected chi connectivity index (χ2v) is 4.49. The van der Waals surface area contributed by atoms with Crippen LogP contribution in [0.4, 0.5) is 0 Å². The zero-order valence-corrected chi connectivity index (χ0v) is 8.71. The van der Waals surface area contributed by atoms with Crippen LogP contribution in [0.15, 0.2) is 6.07 Å². The van der Waals surface area contributed by atoms with E-state index in [4.69, 9.17) is 10.5 Å². The molecule has 0 amide bonds. The molecule has 1 fully saturated rings. The van der Waals surface area contributed by atoms with Crippen LogP contribution in [0.25, 0.3) is 0 Å². The van der Waals surface area contributed by atoms with E-state index < -0.39 is 0 Å². The Balaban J connectivity index is 2.17. The molecule has 0 saturated carbocycles. The maximum absolute atomic E-state index is 5.96. The van der Waals surface area contributed by atoms with Crippen LogP contribution in [0.1, 0.15) is 37.6 Å². The molecule has 0 spiro atoms. The Hall–Kier alpha value is -0.870. The average molecular weight is 195 g/mol. The SMILES string of the molecule is CC(C)(N)c1cc(C2CCOC2)[nH]n1. The van der Waals surface area contributed by atoms with Crippen molar-refractivity contribution >= 4 is 0 Å². The number of aromatic nitrogens is 2. The van der Waals surface area contributed by atoms with Gasteiger partial charge in [0.05, 0.1) is 17.8 Å². The van der Waals surface area contributed by atoms with E-state index in [1.807, 2.05) is 13.8 Å². The van der Waals surface area contributed by atoms with Crippen molar-refractivity contribution in [1.82, 2.24) is 10.2 Å². The molecule has 4 heteroatoms. The molecule has 0 aromatic carbocycles. The molecule has 4 nitrogen and oxygen atoms in total. The molecule has 1 atom stereocenters. The number of hydrogen-bond acceptors (Lipinski definition) is 3. The highest BCUT2D eigenvalue weighted by atomic mass is 16.5. The summed E-state index contributed by atoms with van der Waals surface area (Å²) < 4.78 is 5.33. The minimum absolute atomic E-state index is 0.367. The third-order valence-electron chi connectivity index (χ3n) is 2.63. The van der Waals surface area contributed by atoms with Crippen LogP contribution in [0, 0.1) is 0 Å². The molecule has 0 aliphatic carbocycles. The third kappa shape index (κ3) is 1.81. The fourth-order valence-corrected chi connectivity index (χ4v) is 1.66. The van der Waals surface area contributed by atoms with Gasteiger partial charge in [0.1, 0.15) is 0 Å². The standard InChI is InChI=1S/C10H17N3O/c1-10(2,11)9-5-8(12-13-9)7-3-4-14-6-7/h5,7H,3-4,6,11H2,1-2H3,(H,12,13). The van der Waals surface area contributed by atoms with Crippen molar-refractivity contribution in [3.05, 3.63) is 17.5 Å². The molecule has 2 rings (SSSR count). The summed E-state index contributed by atoms with van der Waals surface area (Å²) in [4.78, 5) is 0. The number of aromatic amines is 1. The molecule has 14 heavy (non-hydrogen) atoms. The summed E-state index contributed by atoms with van der Waals surface area (Å²) in [6.45, 7) is 5.56. The quantitative estimate of drug-likeness (QED) is 0.743. The van der Waals surface area contributed by atoms with Gasteiger partial charge in [0, 0.05) is 18.2 Å². The lowest BCUT2D eigenvalue weighted by Gasteiger charge is -2.14. The van der Waals surface area contributed by atoms with E-state index in [9.17, 15) is 0 Å². The molecule has 1 unspecified atom stereocenters. The summed E-state index contributed by atoms with van der Waals surface area (Å²) >= 11 is 0. The van der Waals surface area contributed by atoms with Crippen molar-refractivity contribution in [3.8, 4) is 0 Å². The van der Waals surface area contributed by atoms with Gasteiger partial charge >= 0.3 is 0 Å². The average Bonchev–Trinajstić information content (AvgIpc) is 2.73. The predicted molar refractivity (Wildman–Crippen MR) is 54.0 cm³/mol. The molecule has 1 aromatic heterocycles. The molecule has 2 heterocycles. The van der Waals surface area contributed by atoms with Crippen LogP contribution in [-0.2, 0) is 10.3 Å². The maximum atomic E-state index is 5.96. The monoisotopic (exact) mass is 195 g/mol. The van der Waals surface area contributed by atoms with Crippen LogP contribution < -0.4 is 5.73 Å². The Kier molecular flexibility index (Phi) is 2.33. The zero-order valence-electron chi connectivity index (χ0n) is 8.71. The first kappa shape index (κ1) is 9.68. The molecule has 1 aliphatic rings. The molecule has 1 saturated heterocycles. The fourth-order valence-electron chi connectivity index (χ4n) is 1.66. The van der Waals surface area contributed by atoms with Gasteiger partial charge in [-0.3, -0.25) is 5.10 Å². The van der Waals surface area contributed by atoms with E-state index in [0.29, 0.717) is 5.92 Å². The summed E-state index contributed by atoms with van der Waals surface area (Å²) in [5.74, 6) is 0.471. The number of nitrogens with zero attached hydrogens (tertiary/aromatic N) is 1. The molecular weight excluding hydrogens is 178 g/mol. The molecule has 0 bridgehead atoms. The molecule has 78 valence electrons. The molecular formula is C10H17N3O. The van der Waals surface area contributed by atoms with Crippen molar-refractivity contribution in [2.75, 3.05) is 13.2 Å². The van der Waals surface area contributed by atoms with E-state index in [-0.39, 0.29) is 5.54 Å². The second-order valence-electron chi connectivity index (χ2n) is 4.49. The number of H-pyrrole nitrogens is 1. The van der Waals surface area contributed by atoms with E-state index in [0.717, 1.165) is 31.0 Å². The fraction of sp³-hybridized carbons (Fsp3) is 0.700. The first-order valence-electron chi connectivity index (χ1n) is 5.00. The minimum Gasteiger partial charge on any atom is -0.381 e. The smallest absolute Gasteiger partial charge is 0.0817 e. The highest BCUT2D eigenvalue weighted by Crippen LogP contribution is 2.25. The van der Waals surface area contributed by atoms with Crippen molar-refractivity contribution in [1.29, 1.82) is 0 Å². The molecule has 0 radical (unpaired) electrons. The highest BCUT2D eigenvalue weighted by Gasteiger charge is 2.23. The molecule has 1 aliphatic heterocycles. The van der Waals surface area contributed by atoms with Crippen molar-refractivity contribution in [3.63, 3.8) is 0 Å². The summed E-state index contributed by atoms with van der Waals surface area (Å²) in [6.07, 6.45) is 1.08. The number of nitrogens with two attached hydrogens (primary N) is 1. The van der Waals surface area contributed by atoms with Crippen LogP contribution in [0.2, 0.25) is 0 Å². The number of hydrogen-bond donors (Lipinski definition) is 2. The van der Waals surface area contributed by atoms with Gasteiger partial charge in [-0.2, -0.15) is 5.10 Å². The second kappa shape index (κ2) is 3.37. The van der Waals surface area contributed by atoms with Gasteiger partial charge in [-0.05, 0) is 26.3 Å². The largest absolute Gasteiger partial charge is 0.381 e. The van der Waals surface area contributed by atoms with E-state index in [1.165, 1.54) is 0 Å². The van der Waals surface area contributed by atoms with Gasteiger partial charge in [0.25, 0.3) is 0 Å². The molecule has 3 N–H and O–H groups in total. The summed E-state index contributed by atoms with van der Waals surface area (Å²) in [5, 5.41) is 7.27. The lowest BCUT2D eigenvalue weighted by Crippen LogP contribution is -2.29. The van der Waals surface area contributed by atoms with Crippen molar-refractivity contribution in [2.24, 2.45) is 5.73 Å². The highest BCUT2D eigenvalue weighted by molar-refractivity contribution is 5.19. The minimum atomic E-state index is -0.367. The van der Waals surface area contributed by atoms with Crippen molar-refractivity contribution in [2.45, 2.75) is 31.7 Å². The number of rotatable bonds is 2. The van der Waals surface area contributed by atoms with Crippen LogP contribution in [0.5, 0.6) is 0 Å². The lowest BCUT2D eigenvalue weighted by molar-refractivity contribution is 0.193. The predicted octanol–water partition coefficient (Wildman–Crippen LogP) is 1.11. The van der Waals surface area contributed by atoms with Gasteiger partial charge in [0.2, 0.25) is 0 Å². The molecule has 1 aromatic rings. The van der Waals surface area contributed by atoms with E-state index >= 15 is 0 Å². The number of ether oxygens (including phenoxy) is 1. The Morgan fingerprint density at radius 3 is 2.93 bits per heavy atom. The van der Waals surface area contributed by atoms with Gasteiger partial charge in [-0.1, -0.05) is 0 Å². The summed E-state index contributed by atoms with van der Waals surface area (Å²) in [5.41, 5.74) is 7.65. The first-order chi connectivity index (χ1) is 6.57. The van der Waals surface area contributed by atoms with E-state index in [1.54, 1.807) is 0 Å². The maximum Gasteiger partial charge on any atom is 0.0817 e. The summed E-state index contributed by atoms with van der Waals surface area (Å²) in [7, 11) is 0. The van der Waals surface area contributed by atoms with Crippen molar-refractivity contribution < 1.29 is 4.74 Å². The lowest BCUT2D eigenvalue weighted by atomic mass is 9.99. The first-order valence-corrected chi connectivity index (χ1v) is 5.00. The third-order valence-corrected chi connectivity index (χ3v) is 2.63. The van der Waals surface area contributed by atoms with Crippen LogP contribution in [0.3, 0.4) is 0 Å². The van der Waals surface area contributed by atoms with E-state index in [2.05, 4.69) is 16.3 Å². The zero-order chi connectivity index (χ0) is 10.2. The Bertz CT molecular complexity index is 307. The van der Waals surface area contributed by atoms with Gasteiger partial charge in [0.15, 0.2) is 0 Å². The number of nitrogens with one attached hydrogen (secondary N) is 1. The topological polar surface area (TPSA) is 63.9 Å². The Morgan fingerprint density at radius 1 is 1.64 bits per heavy atom.